The maximum absolute atomic E-state index is 12.1. The predicted molar refractivity (Wildman–Crippen MR) is 81.8 cm³/mol. The minimum absolute atomic E-state index is 0.201. The van der Waals surface area contributed by atoms with Crippen molar-refractivity contribution in [2.75, 3.05) is 19.9 Å². The molecule has 2 rings (SSSR count). The summed E-state index contributed by atoms with van der Waals surface area (Å²) in [5.41, 5.74) is 0.203. The zero-order chi connectivity index (χ0) is 16.7. The Morgan fingerprint density at radius 2 is 2.00 bits per heavy atom. The molecule has 22 heavy (non-hydrogen) atoms. The van der Waals surface area contributed by atoms with Crippen molar-refractivity contribution in [3.63, 3.8) is 0 Å². The number of likely N-dealkylation sites (N-methyl/N-ethyl adjacent to an activating group) is 1. The molecular weight excluding hydrogens is 306 g/mol. The molecule has 1 aromatic rings. The highest BCUT2D eigenvalue weighted by Gasteiger charge is 2.33. The number of hydrogen-bond acceptors (Lipinski definition) is 5. The van der Waals surface area contributed by atoms with Gasteiger partial charge in [-0.05, 0) is 32.9 Å². The van der Waals surface area contributed by atoms with Gasteiger partial charge in [0.1, 0.15) is 18.0 Å². The van der Waals surface area contributed by atoms with Crippen LogP contribution in [0.25, 0.3) is 0 Å². The van der Waals surface area contributed by atoms with Gasteiger partial charge in [-0.3, -0.25) is 0 Å². The van der Waals surface area contributed by atoms with Crippen molar-refractivity contribution >= 4 is 15.9 Å². The summed E-state index contributed by atoms with van der Waals surface area (Å²) < 4.78 is 34.0. The molecule has 0 aromatic heterocycles. The first-order valence-corrected chi connectivity index (χ1v) is 8.81. The lowest BCUT2D eigenvalue weighted by atomic mass is 10.1. The average Bonchev–Trinajstić information content (AvgIpc) is 2.77. The van der Waals surface area contributed by atoms with E-state index >= 15 is 0 Å². The van der Waals surface area contributed by atoms with Crippen LogP contribution in [0.15, 0.2) is 23.1 Å². The normalized spacial score (nSPS) is 17.6. The van der Waals surface area contributed by atoms with Crippen LogP contribution in [0.4, 0.5) is 4.79 Å². The third-order valence-corrected chi connectivity index (χ3v) is 4.43. The summed E-state index contributed by atoms with van der Waals surface area (Å²) in [6, 6.07) is 4.41. The highest BCUT2D eigenvalue weighted by Crippen LogP contribution is 2.37. The number of amides is 1. The van der Waals surface area contributed by atoms with Gasteiger partial charge in [0.05, 0.1) is 10.9 Å². The number of fused-ring (bicyclic) bond motifs is 1. The second kappa shape index (κ2) is 5.46. The SMILES string of the molecule is CN(C(=O)OC(C)(C)C)C1COc2cc(S(C)(=O)=O)ccc21. The molecule has 7 heteroatoms. The van der Waals surface area contributed by atoms with Crippen LogP contribution >= 0.6 is 0 Å². The van der Waals surface area contributed by atoms with Gasteiger partial charge in [-0.25, -0.2) is 13.2 Å². The number of benzene rings is 1. The molecule has 1 amide bonds. The van der Waals surface area contributed by atoms with E-state index in [2.05, 4.69) is 0 Å². The average molecular weight is 327 g/mol. The molecule has 1 unspecified atom stereocenters. The van der Waals surface area contributed by atoms with E-state index in [1.54, 1.807) is 33.9 Å². The van der Waals surface area contributed by atoms with Gasteiger partial charge in [0.15, 0.2) is 9.84 Å². The van der Waals surface area contributed by atoms with E-state index in [0.717, 1.165) is 11.8 Å². The molecule has 1 aromatic carbocycles. The first kappa shape index (κ1) is 16.6. The Morgan fingerprint density at radius 1 is 1.36 bits per heavy atom. The van der Waals surface area contributed by atoms with E-state index in [1.807, 2.05) is 0 Å². The Hall–Kier alpha value is -1.76. The lowest BCUT2D eigenvalue weighted by Gasteiger charge is -2.28. The summed E-state index contributed by atoms with van der Waals surface area (Å²) in [6.07, 6.45) is 0.703. The van der Waals surface area contributed by atoms with E-state index in [0.29, 0.717) is 5.75 Å². The molecule has 1 atom stereocenters. The quantitative estimate of drug-likeness (QED) is 0.834. The highest BCUT2D eigenvalue weighted by molar-refractivity contribution is 7.90. The van der Waals surface area contributed by atoms with Gasteiger partial charge in [-0.15, -0.1) is 0 Å². The molecule has 1 heterocycles. The number of ether oxygens (including phenoxy) is 2. The summed E-state index contributed by atoms with van der Waals surface area (Å²) in [5.74, 6) is 0.489. The summed E-state index contributed by atoms with van der Waals surface area (Å²) in [5, 5.41) is 0. The Labute approximate surface area is 130 Å². The van der Waals surface area contributed by atoms with E-state index in [1.165, 1.54) is 17.0 Å². The van der Waals surface area contributed by atoms with Crippen molar-refractivity contribution in [1.29, 1.82) is 0 Å². The minimum atomic E-state index is -3.29. The Morgan fingerprint density at radius 3 is 2.55 bits per heavy atom. The van der Waals surface area contributed by atoms with Crippen molar-refractivity contribution in [2.24, 2.45) is 0 Å². The van der Waals surface area contributed by atoms with Crippen molar-refractivity contribution in [3.8, 4) is 5.75 Å². The standard InChI is InChI=1S/C15H21NO5S/c1-15(2,3)21-14(17)16(4)12-9-20-13-8-10(22(5,18)19)6-7-11(12)13/h6-8,12H,9H2,1-5H3. The van der Waals surface area contributed by atoms with Crippen LogP contribution in [0.5, 0.6) is 5.75 Å². The van der Waals surface area contributed by atoms with Gasteiger partial charge in [-0.1, -0.05) is 6.07 Å². The largest absolute Gasteiger partial charge is 0.491 e. The Balaban J connectivity index is 2.24. The molecule has 0 saturated heterocycles. The van der Waals surface area contributed by atoms with Crippen molar-refractivity contribution < 1.29 is 22.7 Å². The Kier molecular flexibility index (Phi) is 4.12. The van der Waals surface area contributed by atoms with Crippen LogP contribution in [-0.4, -0.2) is 44.9 Å². The molecule has 0 fully saturated rings. The first-order chi connectivity index (χ1) is 9.99. The van der Waals surface area contributed by atoms with Gasteiger partial charge >= 0.3 is 6.09 Å². The zero-order valence-corrected chi connectivity index (χ0v) is 14.2. The third kappa shape index (κ3) is 3.52. The maximum Gasteiger partial charge on any atom is 0.410 e. The van der Waals surface area contributed by atoms with Crippen LogP contribution in [0.2, 0.25) is 0 Å². The summed E-state index contributed by atoms with van der Waals surface area (Å²) in [4.78, 5) is 13.8. The molecule has 1 aliphatic rings. The number of hydrogen-bond donors (Lipinski definition) is 0. The predicted octanol–water partition coefficient (Wildman–Crippen LogP) is 2.39. The van der Waals surface area contributed by atoms with Gasteiger partial charge in [-0.2, -0.15) is 0 Å². The van der Waals surface area contributed by atoms with Crippen LogP contribution in [0.3, 0.4) is 0 Å². The lowest BCUT2D eigenvalue weighted by molar-refractivity contribution is 0.0201. The van der Waals surface area contributed by atoms with Crippen LogP contribution in [-0.2, 0) is 14.6 Å². The molecule has 0 aliphatic carbocycles. The smallest absolute Gasteiger partial charge is 0.410 e. The molecule has 0 radical (unpaired) electrons. The molecule has 122 valence electrons. The second-order valence-corrected chi connectivity index (χ2v) is 8.41. The van der Waals surface area contributed by atoms with E-state index in [4.69, 9.17) is 9.47 Å². The number of rotatable bonds is 2. The van der Waals surface area contributed by atoms with Gasteiger partial charge in [0.25, 0.3) is 0 Å². The van der Waals surface area contributed by atoms with E-state index in [9.17, 15) is 13.2 Å². The fourth-order valence-electron chi connectivity index (χ4n) is 2.19. The summed E-state index contributed by atoms with van der Waals surface area (Å²) >= 11 is 0. The monoisotopic (exact) mass is 327 g/mol. The highest BCUT2D eigenvalue weighted by atomic mass is 32.2. The van der Waals surface area contributed by atoms with Gasteiger partial charge < -0.3 is 14.4 Å². The fraction of sp³-hybridized carbons (Fsp3) is 0.533. The number of nitrogens with zero attached hydrogens (tertiary/aromatic N) is 1. The van der Waals surface area contributed by atoms with Gasteiger partial charge in [0.2, 0.25) is 0 Å². The molecule has 0 spiro atoms. The van der Waals surface area contributed by atoms with Crippen LogP contribution in [0, 0.1) is 0 Å². The van der Waals surface area contributed by atoms with E-state index < -0.39 is 21.5 Å². The molecule has 0 N–H and O–H groups in total. The van der Waals surface area contributed by atoms with Gasteiger partial charge in [0, 0.05) is 18.9 Å². The van der Waals surface area contributed by atoms with Crippen molar-refractivity contribution in [2.45, 2.75) is 37.3 Å². The molecule has 0 saturated carbocycles. The fourth-order valence-corrected chi connectivity index (χ4v) is 2.82. The van der Waals surface area contributed by atoms with E-state index in [-0.39, 0.29) is 17.5 Å². The maximum atomic E-state index is 12.1. The molecule has 0 bridgehead atoms. The minimum Gasteiger partial charge on any atom is -0.491 e. The molecule has 1 aliphatic heterocycles. The molecular formula is C15H21NO5S. The summed E-state index contributed by atoms with van der Waals surface area (Å²) in [7, 11) is -1.65. The number of carbonyl (C=O) groups is 1. The first-order valence-electron chi connectivity index (χ1n) is 6.91. The summed E-state index contributed by atoms with van der Waals surface area (Å²) in [6.45, 7) is 5.68. The molecule has 6 nitrogen and oxygen atoms in total. The topological polar surface area (TPSA) is 72.9 Å². The number of sulfone groups is 1. The second-order valence-electron chi connectivity index (χ2n) is 6.39. The van der Waals surface area contributed by atoms with Crippen molar-refractivity contribution in [1.82, 2.24) is 4.90 Å². The van der Waals surface area contributed by atoms with Crippen LogP contribution < -0.4 is 4.74 Å². The lowest BCUT2D eigenvalue weighted by Crippen LogP contribution is -2.37. The van der Waals surface area contributed by atoms with Crippen molar-refractivity contribution in [3.05, 3.63) is 23.8 Å². The Bertz CT molecular complexity index is 690. The van der Waals surface area contributed by atoms with Crippen LogP contribution in [0.1, 0.15) is 32.4 Å². The third-order valence-electron chi connectivity index (χ3n) is 3.32. The number of carbonyl (C=O) groups excluding carboxylic acids is 1. The zero-order valence-electron chi connectivity index (χ0n) is 13.4.